The lowest BCUT2D eigenvalue weighted by atomic mass is 10.1. The van der Waals surface area contributed by atoms with Crippen LogP contribution in [0.4, 0.5) is 0 Å². The van der Waals surface area contributed by atoms with Crippen LogP contribution in [-0.2, 0) is 27.5 Å². The summed E-state index contributed by atoms with van der Waals surface area (Å²) in [5.74, 6) is -0.350. The van der Waals surface area contributed by atoms with Crippen LogP contribution in [0.5, 0.6) is 0 Å². The number of hydrogen-bond donors (Lipinski definition) is 2. The van der Waals surface area contributed by atoms with Crippen molar-refractivity contribution in [1.82, 2.24) is 10.6 Å². The smallest absolute Gasteiger partial charge is 0.221 e. The van der Waals surface area contributed by atoms with Crippen molar-refractivity contribution in [2.75, 3.05) is 25.4 Å². The van der Waals surface area contributed by atoms with Gasteiger partial charge in [-0.05, 0) is 55.5 Å². The first-order valence-corrected chi connectivity index (χ1v) is 10.2. The Morgan fingerprint density at radius 3 is 2.79 bits per heavy atom. The third kappa shape index (κ3) is 4.24. The zero-order chi connectivity index (χ0) is 17.0. The van der Waals surface area contributed by atoms with Gasteiger partial charge in [-0.1, -0.05) is 17.7 Å². The molecule has 130 valence electrons. The molecule has 2 N–H and O–H groups in total. The summed E-state index contributed by atoms with van der Waals surface area (Å²) in [5.41, 5.74) is 3.59. The first-order chi connectivity index (χ1) is 11.5. The number of carbonyl (C=O) groups is 1. The second kappa shape index (κ2) is 7.49. The molecule has 0 saturated heterocycles. The van der Waals surface area contributed by atoms with Crippen LogP contribution in [0, 0.1) is 0 Å². The Kier molecular flexibility index (Phi) is 5.36. The van der Waals surface area contributed by atoms with E-state index in [-0.39, 0.29) is 18.1 Å². The van der Waals surface area contributed by atoms with Crippen LogP contribution in [0.25, 0.3) is 0 Å². The van der Waals surface area contributed by atoms with E-state index < -0.39 is 9.84 Å². The fraction of sp³-hybridized carbons (Fsp3) is 0.500. The van der Waals surface area contributed by atoms with E-state index in [2.05, 4.69) is 16.7 Å². The minimum absolute atomic E-state index is 0.00491. The Bertz CT molecular complexity index is 754. The number of nitrogens with one attached hydrogen (secondary N) is 2. The molecule has 1 aromatic rings. The molecule has 5 nitrogen and oxygen atoms in total. The lowest BCUT2D eigenvalue weighted by Gasteiger charge is -2.14. The Labute approximate surface area is 143 Å². The van der Waals surface area contributed by atoms with Gasteiger partial charge < -0.3 is 10.6 Å². The van der Waals surface area contributed by atoms with Gasteiger partial charge in [-0.2, -0.15) is 0 Å². The van der Waals surface area contributed by atoms with Gasteiger partial charge >= 0.3 is 0 Å². The van der Waals surface area contributed by atoms with Crippen molar-refractivity contribution in [3.63, 3.8) is 0 Å². The van der Waals surface area contributed by atoms with Crippen molar-refractivity contribution in [3.8, 4) is 0 Å². The molecule has 24 heavy (non-hydrogen) atoms. The number of fused-ring (bicyclic) bond motifs is 1. The molecular formula is C18H24N2O3S. The highest BCUT2D eigenvalue weighted by molar-refractivity contribution is 7.91. The normalized spacial score (nSPS) is 17.2. The topological polar surface area (TPSA) is 75.3 Å². The maximum absolute atomic E-state index is 12.4. The van der Waals surface area contributed by atoms with E-state index in [1.807, 2.05) is 6.07 Å². The molecule has 0 saturated carbocycles. The summed E-state index contributed by atoms with van der Waals surface area (Å²) in [5, 5.41) is 6.03. The summed E-state index contributed by atoms with van der Waals surface area (Å²) in [6.07, 6.45) is 6.07. The highest BCUT2D eigenvalue weighted by Gasteiger charge is 2.19. The molecule has 0 aromatic heterocycles. The van der Waals surface area contributed by atoms with Gasteiger partial charge in [0.15, 0.2) is 9.84 Å². The van der Waals surface area contributed by atoms with Crippen molar-refractivity contribution in [1.29, 1.82) is 0 Å². The highest BCUT2D eigenvalue weighted by atomic mass is 32.2. The van der Waals surface area contributed by atoms with E-state index in [1.165, 1.54) is 11.1 Å². The van der Waals surface area contributed by atoms with Gasteiger partial charge in [0, 0.05) is 19.5 Å². The zero-order valence-electron chi connectivity index (χ0n) is 13.8. The summed E-state index contributed by atoms with van der Waals surface area (Å²) in [4.78, 5) is 12.3. The molecule has 2 aliphatic rings. The van der Waals surface area contributed by atoms with Crippen molar-refractivity contribution < 1.29 is 13.2 Å². The van der Waals surface area contributed by atoms with Crippen LogP contribution in [0.3, 0.4) is 0 Å². The van der Waals surface area contributed by atoms with E-state index in [1.54, 1.807) is 12.1 Å². The van der Waals surface area contributed by atoms with Crippen molar-refractivity contribution in [3.05, 3.63) is 41.0 Å². The van der Waals surface area contributed by atoms with Gasteiger partial charge in [-0.25, -0.2) is 8.42 Å². The van der Waals surface area contributed by atoms with E-state index in [0.29, 0.717) is 11.4 Å². The molecular weight excluding hydrogens is 324 g/mol. The molecule has 0 bridgehead atoms. The lowest BCUT2D eigenvalue weighted by molar-refractivity contribution is -0.120. The molecule has 0 unspecified atom stereocenters. The summed E-state index contributed by atoms with van der Waals surface area (Å²) in [6, 6.07) is 5.38. The summed E-state index contributed by atoms with van der Waals surface area (Å²) < 4.78 is 24.9. The molecule has 3 rings (SSSR count). The molecule has 0 spiro atoms. The molecule has 0 radical (unpaired) electrons. The lowest BCUT2D eigenvalue weighted by Crippen LogP contribution is -2.30. The van der Waals surface area contributed by atoms with E-state index in [4.69, 9.17) is 0 Å². The number of amides is 1. The average Bonchev–Trinajstić information content (AvgIpc) is 3.07. The molecule has 1 aromatic carbocycles. The number of sulfone groups is 1. The third-order valence-corrected chi connectivity index (χ3v) is 6.41. The fourth-order valence-corrected chi connectivity index (χ4v) is 4.50. The summed E-state index contributed by atoms with van der Waals surface area (Å²) >= 11 is 0. The number of hydrogen-bond acceptors (Lipinski definition) is 4. The van der Waals surface area contributed by atoms with Crippen LogP contribution in [-0.4, -0.2) is 39.7 Å². The summed E-state index contributed by atoms with van der Waals surface area (Å²) in [7, 11) is -3.41. The Hall–Kier alpha value is -1.66. The number of carbonyl (C=O) groups excluding carboxylic acids is 1. The predicted octanol–water partition coefficient (Wildman–Crippen LogP) is 1.38. The minimum atomic E-state index is -3.41. The van der Waals surface area contributed by atoms with Gasteiger partial charge in [0.1, 0.15) is 0 Å². The molecule has 0 atom stereocenters. The highest BCUT2D eigenvalue weighted by Crippen LogP contribution is 2.25. The van der Waals surface area contributed by atoms with E-state index in [9.17, 15) is 13.2 Å². The standard InChI is InChI=1S/C18H24N2O3S/c21-18(20-13-14-6-9-19-10-7-14)8-11-24(22,23)17-5-4-15-2-1-3-16(15)12-17/h4-6,12,19H,1-3,7-11,13H2,(H,20,21). The molecule has 0 fully saturated rings. The SMILES string of the molecule is O=C(CCS(=O)(=O)c1ccc2c(c1)CCC2)NCC1=CCNCC1. The maximum atomic E-state index is 12.4. The molecule has 1 aliphatic carbocycles. The van der Waals surface area contributed by atoms with Crippen LogP contribution < -0.4 is 10.6 Å². The predicted molar refractivity (Wildman–Crippen MR) is 93.7 cm³/mol. The molecule has 1 aliphatic heterocycles. The first kappa shape index (κ1) is 17.2. The minimum Gasteiger partial charge on any atom is -0.352 e. The second-order valence-corrected chi connectivity index (χ2v) is 8.56. The van der Waals surface area contributed by atoms with Gasteiger partial charge in [-0.3, -0.25) is 4.79 Å². The van der Waals surface area contributed by atoms with Crippen LogP contribution in [0.1, 0.15) is 30.4 Å². The zero-order valence-corrected chi connectivity index (χ0v) is 14.6. The average molecular weight is 348 g/mol. The Balaban J connectivity index is 1.53. The van der Waals surface area contributed by atoms with Crippen molar-refractivity contribution in [2.24, 2.45) is 0 Å². The Morgan fingerprint density at radius 2 is 2.00 bits per heavy atom. The fourth-order valence-electron chi connectivity index (χ4n) is 3.22. The van der Waals surface area contributed by atoms with E-state index >= 15 is 0 Å². The maximum Gasteiger partial charge on any atom is 0.221 e. The van der Waals surface area contributed by atoms with Crippen LogP contribution in [0.15, 0.2) is 34.7 Å². The number of aryl methyl sites for hydroxylation is 2. The Morgan fingerprint density at radius 1 is 1.17 bits per heavy atom. The monoisotopic (exact) mass is 348 g/mol. The van der Waals surface area contributed by atoms with Crippen molar-refractivity contribution >= 4 is 15.7 Å². The van der Waals surface area contributed by atoms with Crippen LogP contribution >= 0.6 is 0 Å². The molecule has 1 heterocycles. The number of rotatable bonds is 6. The molecule has 6 heteroatoms. The van der Waals surface area contributed by atoms with E-state index in [0.717, 1.165) is 44.3 Å². The quantitative estimate of drug-likeness (QED) is 0.762. The second-order valence-electron chi connectivity index (χ2n) is 6.45. The molecule has 1 amide bonds. The third-order valence-electron chi connectivity index (χ3n) is 4.70. The largest absolute Gasteiger partial charge is 0.352 e. The van der Waals surface area contributed by atoms with Gasteiger partial charge in [-0.15, -0.1) is 0 Å². The number of benzene rings is 1. The van der Waals surface area contributed by atoms with Crippen LogP contribution in [0.2, 0.25) is 0 Å². The first-order valence-electron chi connectivity index (χ1n) is 8.54. The van der Waals surface area contributed by atoms with Gasteiger partial charge in [0.05, 0.1) is 10.6 Å². The van der Waals surface area contributed by atoms with Gasteiger partial charge in [0.25, 0.3) is 0 Å². The van der Waals surface area contributed by atoms with Crippen molar-refractivity contribution in [2.45, 2.75) is 37.0 Å². The van der Waals surface area contributed by atoms with Gasteiger partial charge in [0.2, 0.25) is 5.91 Å². The summed E-state index contributed by atoms with van der Waals surface area (Å²) in [6.45, 7) is 2.27.